The Morgan fingerprint density at radius 2 is 1.91 bits per heavy atom. The number of pyridine rings is 1. The minimum atomic E-state index is -0.150. The fraction of sp³-hybridized carbons (Fsp3) is 0.294. The van der Waals surface area contributed by atoms with Crippen LogP contribution in [0.15, 0.2) is 47.1 Å². The van der Waals surface area contributed by atoms with Gasteiger partial charge in [-0.15, -0.1) is 0 Å². The highest BCUT2D eigenvalue weighted by Crippen LogP contribution is 2.19. The van der Waals surface area contributed by atoms with Crippen LogP contribution in [0.3, 0.4) is 0 Å². The van der Waals surface area contributed by atoms with Crippen molar-refractivity contribution in [2.45, 2.75) is 6.42 Å². The topological polar surface area (TPSA) is 57.3 Å². The Kier molecular flexibility index (Phi) is 6.55. The van der Waals surface area contributed by atoms with Crippen LogP contribution < -0.4 is 10.6 Å². The summed E-state index contributed by atoms with van der Waals surface area (Å²) in [6.07, 6.45) is 2.55. The van der Waals surface area contributed by atoms with Crippen LogP contribution in [0.5, 0.6) is 0 Å². The van der Waals surface area contributed by atoms with Crippen molar-refractivity contribution in [1.29, 1.82) is 0 Å². The molecule has 2 N–H and O–H groups in total. The van der Waals surface area contributed by atoms with E-state index < -0.39 is 0 Å². The lowest BCUT2D eigenvalue weighted by molar-refractivity contribution is 0.0947. The highest BCUT2D eigenvalue weighted by atomic mass is 79.9. The van der Waals surface area contributed by atoms with Gasteiger partial charge in [0, 0.05) is 28.6 Å². The van der Waals surface area contributed by atoms with E-state index in [1.807, 2.05) is 44.4 Å². The summed E-state index contributed by atoms with van der Waals surface area (Å²) in [6.45, 7) is 1.59. The molecule has 0 atom stereocenters. The zero-order valence-corrected chi connectivity index (χ0v) is 14.9. The van der Waals surface area contributed by atoms with Gasteiger partial charge in [-0.2, -0.15) is 0 Å². The van der Waals surface area contributed by atoms with E-state index in [0.717, 1.165) is 28.8 Å². The first-order chi connectivity index (χ1) is 11.0. The van der Waals surface area contributed by atoms with E-state index in [2.05, 4.69) is 36.4 Å². The number of halogens is 1. The Morgan fingerprint density at radius 1 is 1.17 bits per heavy atom. The van der Waals surface area contributed by atoms with E-state index in [4.69, 9.17) is 0 Å². The maximum absolute atomic E-state index is 12.1. The van der Waals surface area contributed by atoms with Crippen molar-refractivity contribution in [2.24, 2.45) is 0 Å². The number of amides is 1. The number of nitrogens with zero attached hydrogens (tertiary/aromatic N) is 2. The van der Waals surface area contributed by atoms with Crippen molar-refractivity contribution >= 4 is 33.2 Å². The molecule has 122 valence electrons. The summed E-state index contributed by atoms with van der Waals surface area (Å²) in [5.41, 5.74) is 2.20. The number of benzene rings is 1. The average molecular weight is 377 g/mol. The molecule has 2 rings (SSSR count). The summed E-state index contributed by atoms with van der Waals surface area (Å²) in [4.78, 5) is 18.3. The number of carbonyl (C=O) groups is 1. The van der Waals surface area contributed by atoms with E-state index in [1.54, 1.807) is 12.3 Å². The number of nitrogens with one attached hydrogen (secondary N) is 2. The molecule has 0 unspecified atom stereocenters. The molecule has 2 aromatic rings. The third-order valence-corrected chi connectivity index (χ3v) is 3.72. The van der Waals surface area contributed by atoms with Gasteiger partial charge in [-0.05, 0) is 63.5 Å². The summed E-state index contributed by atoms with van der Waals surface area (Å²) in [5.74, 6) is -0.150. The number of carbonyl (C=O) groups excluding carboxylic acids is 1. The van der Waals surface area contributed by atoms with E-state index in [9.17, 15) is 4.79 Å². The lowest BCUT2D eigenvalue weighted by atomic mass is 10.2. The summed E-state index contributed by atoms with van der Waals surface area (Å²) in [6, 6.07) is 11.4. The lowest BCUT2D eigenvalue weighted by Crippen LogP contribution is -2.27. The minimum absolute atomic E-state index is 0.150. The van der Waals surface area contributed by atoms with E-state index in [0.29, 0.717) is 12.2 Å². The predicted molar refractivity (Wildman–Crippen MR) is 97.2 cm³/mol. The van der Waals surface area contributed by atoms with Crippen molar-refractivity contribution < 1.29 is 4.79 Å². The lowest BCUT2D eigenvalue weighted by Gasteiger charge is -2.10. The second-order valence-electron chi connectivity index (χ2n) is 5.47. The molecule has 0 aliphatic rings. The largest absolute Gasteiger partial charge is 0.355 e. The smallest absolute Gasteiger partial charge is 0.269 e. The van der Waals surface area contributed by atoms with Crippen LogP contribution in [0.4, 0.5) is 11.4 Å². The molecule has 1 heterocycles. The van der Waals surface area contributed by atoms with E-state index >= 15 is 0 Å². The van der Waals surface area contributed by atoms with Crippen LogP contribution in [0, 0.1) is 0 Å². The predicted octanol–water partition coefficient (Wildman–Crippen LogP) is 3.27. The first-order valence-electron chi connectivity index (χ1n) is 7.46. The maximum Gasteiger partial charge on any atom is 0.269 e. The number of aromatic nitrogens is 1. The molecule has 0 fully saturated rings. The molecule has 1 aromatic carbocycles. The molecule has 0 aliphatic heterocycles. The zero-order chi connectivity index (χ0) is 16.7. The van der Waals surface area contributed by atoms with Crippen LogP contribution in [0.25, 0.3) is 0 Å². The Labute approximate surface area is 145 Å². The SMILES string of the molecule is CN(C)CCCNC(=O)c1cc(Nc2ccc(Br)cc2)ccn1. The summed E-state index contributed by atoms with van der Waals surface area (Å²) in [5, 5.41) is 6.15. The highest BCUT2D eigenvalue weighted by molar-refractivity contribution is 9.10. The van der Waals surface area contributed by atoms with Gasteiger partial charge in [0.15, 0.2) is 0 Å². The van der Waals surface area contributed by atoms with E-state index in [-0.39, 0.29) is 5.91 Å². The summed E-state index contributed by atoms with van der Waals surface area (Å²) < 4.78 is 1.02. The van der Waals surface area contributed by atoms with Gasteiger partial charge in [0.25, 0.3) is 5.91 Å². The summed E-state index contributed by atoms with van der Waals surface area (Å²) in [7, 11) is 4.03. The van der Waals surface area contributed by atoms with Crippen LogP contribution >= 0.6 is 15.9 Å². The number of anilines is 2. The summed E-state index contributed by atoms with van der Waals surface area (Å²) >= 11 is 3.41. The quantitative estimate of drug-likeness (QED) is 0.728. The molecule has 0 saturated heterocycles. The van der Waals surface area contributed by atoms with Crippen LogP contribution in [-0.4, -0.2) is 43.0 Å². The molecule has 0 spiro atoms. The van der Waals surface area contributed by atoms with Gasteiger partial charge in [-0.25, -0.2) is 0 Å². The molecule has 1 aromatic heterocycles. The van der Waals surface area contributed by atoms with Gasteiger partial charge in [-0.3, -0.25) is 9.78 Å². The first kappa shape index (κ1) is 17.4. The number of hydrogen-bond donors (Lipinski definition) is 2. The van der Waals surface area contributed by atoms with Gasteiger partial charge in [0.05, 0.1) is 0 Å². The average Bonchev–Trinajstić information content (AvgIpc) is 2.54. The van der Waals surface area contributed by atoms with Crippen molar-refractivity contribution in [1.82, 2.24) is 15.2 Å². The molecule has 23 heavy (non-hydrogen) atoms. The van der Waals surface area contributed by atoms with Gasteiger partial charge < -0.3 is 15.5 Å². The van der Waals surface area contributed by atoms with Gasteiger partial charge in [0.2, 0.25) is 0 Å². The van der Waals surface area contributed by atoms with Gasteiger partial charge in [-0.1, -0.05) is 15.9 Å². The third-order valence-electron chi connectivity index (χ3n) is 3.19. The number of hydrogen-bond acceptors (Lipinski definition) is 4. The normalized spacial score (nSPS) is 10.6. The monoisotopic (exact) mass is 376 g/mol. The molecule has 6 heteroatoms. The second-order valence-corrected chi connectivity index (χ2v) is 6.39. The Balaban J connectivity index is 1.93. The van der Waals surface area contributed by atoms with Crippen molar-refractivity contribution in [3.05, 3.63) is 52.8 Å². The first-order valence-corrected chi connectivity index (χ1v) is 8.25. The Morgan fingerprint density at radius 3 is 2.61 bits per heavy atom. The molecule has 5 nitrogen and oxygen atoms in total. The second kappa shape index (κ2) is 8.64. The fourth-order valence-electron chi connectivity index (χ4n) is 2.02. The molecule has 0 aliphatic carbocycles. The molecular formula is C17H21BrN4O. The molecular weight excluding hydrogens is 356 g/mol. The minimum Gasteiger partial charge on any atom is -0.355 e. The van der Waals surface area contributed by atoms with Crippen molar-refractivity contribution in [3.63, 3.8) is 0 Å². The fourth-order valence-corrected chi connectivity index (χ4v) is 2.28. The molecule has 0 bridgehead atoms. The molecule has 0 saturated carbocycles. The van der Waals surface area contributed by atoms with E-state index in [1.165, 1.54) is 0 Å². The van der Waals surface area contributed by atoms with Crippen LogP contribution in [0.2, 0.25) is 0 Å². The third kappa shape index (κ3) is 6.00. The van der Waals surface area contributed by atoms with Crippen molar-refractivity contribution in [2.75, 3.05) is 32.5 Å². The standard InChI is InChI=1S/C17H21BrN4O/c1-22(2)11-3-9-20-17(23)16-12-15(8-10-19-16)21-14-6-4-13(18)5-7-14/h4-8,10,12H,3,9,11H2,1-2H3,(H,19,21)(H,20,23). The van der Waals surface area contributed by atoms with Gasteiger partial charge >= 0.3 is 0 Å². The van der Waals surface area contributed by atoms with Crippen molar-refractivity contribution in [3.8, 4) is 0 Å². The van der Waals surface area contributed by atoms with Gasteiger partial charge in [0.1, 0.15) is 5.69 Å². The van der Waals surface area contributed by atoms with Crippen LogP contribution in [-0.2, 0) is 0 Å². The molecule has 0 radical (unpaired) electrons. The Bertz CT molecular complexity index is 643. The Hall–Kier alpha value is -1.92. The zero-order valence-electron chi connectivity index (χ0n) is 13.3. The van der Waals surface area contributed by atoms with Crippen LogP contribution in [0.1, 0.15) is 16.9 Å². The maximum atomic E-state index is 12.1. The number of rotatable bonds is 7. The highest BCUT2D eigenvalue weighted by Gasteiger charge is 2.07. The molecule has 1 amide bonds.